The number of likely N-dealkylation sites (N-methyl/N-ethyl adjacent to an activating group) is 1. The van der Waals surface area contributed by atoms with Crippen molar-refractivity contribution in [2.75, 3.05) is 27.7 Å². The highest BCUT2D eigenvalue weighted by molar-refractivity contribution is 5.93. The van der Waals surface area contributed by atoms with Crippen molar-refractivity contribution in [2.24, 2.45) is 22.1 Å². The molecular weight excluding hydrogens is 495 g/mol. The van der Waals surface area contributed by atoms with Crippen molar-refractivity contribution in [2.45, 2.75) is 44.8 Å². The molecule has 2 amide bonds. The topological polar surface area (TPSA) is 87.8 Å². The van der Waals surface area contributed by atoms with Crippen LogP contribution in [0.15, 0.2) is 41.4 Å². The van der Waals surface area contributed by atoms with Gasteiger partial charge in [-0.2, -0.15) is 13.2 Å². The van der Waals surface area contributed by atoms with Crippen molar-refractivity contribution in [1.82, 2.24) is 10.2 Å². The Bertz CT molecular complexity index is 1090. The monoisotopic (exact) mass is 528 g/mol. The van der Waals surface area contributed by atoms with Crippen LogP contribution in [0.4, 0.5) is 22.0 Å². The lowest BCUT2D eigenvalue weighted by Crippen LogP contribution is -2.43. The standard InChI is InChI=1S/C26H33F5N4O2/c1-15(6-7-16(2)33-3)20(25(10-11-25)26(29,30)31)13-21(36)34-14-18(35(4)5)12-17-8-9-19(24(32)37)23(28)22(17)27/h6-9,18,20H,1,10-14H2,2-5H3,(H2,32,37)(H,34,36)/b7-6-,33-16-/t18-,20-/m0/s1. The van der Waals surface area contributed by atoms with Crippen LogP contribution in [-0.2, 0) is 11.2 Å². The largest absolute Gasteiger partial charge is 0.395 e. The van der Waals surface area contributed by atoms with E-state index in [0.29, 0.717) is 5.71 Å². The molecule has 1 fully saturated rings. The molecule has 0 bridgehead atoms. The molecule has 1 saturated carbocycles. The first-order valence-electron chi connectivity index (χ1n) is 11.7. The van der Waals surface area contributed by atoms with Crippen LogP contribution in [0.3, 0.4) is 0 Å². The Labute approximate surface area is 213 Å². The number of hydrogen-bond acceptors (Lipinski definition) is 4. The zero-order chi connectivity index (χ0) is 28.1. The molecule has 3 N–H and O–H groups in total. The summed E-state index contributed by atoms with van der Waals surface area (Å²) in [6.07, 6.45) is -2.12. The van der Waals surface area contributed by atoms with Gasteiger partial charge in [-0.25, -0.2) is 8.78 Å². The number of nitrogens with two attached hydrogens (primary N) is 1. The number of carbonyl (C=O) groups is 2. The van der Waals surface area contributed by atoms with Gasteiger partial charge in [0.15, 0.2) is 11.6 Å². The number of hydrogen-bond donors (Lipinski definition) is 2. The summed E-state index contributed by atoms with van der Waals surface area (Å²) in [6, 6.07) is 1.81. The van der Waals surface area contributed by atoms with Gasteiger partial charge in [0.2, 0.25) is 5.91 Å². The second kappa shape index (κ2) is 12.0. The predicted molar refractivity (Wildman–Crippen MR) is 132 cm³/mol. The van der Waals surface area contributed by atoms with E-state index in [-0.39, 0.29) is 36.9 Å². The van der Waals surface area contributed by atoms with Crippen LogP contribution in [0.1, 0.15) is 42.1 Å². The SMILES string of the molecule is C=C(/C=C\C(C)=N/C)[C@H](CC(=O)NC[C@H](Cc1ccc(C(N)=O)c(F)c1F)N(C)C)C1(C(F)(F)F)CC1. The third-order valence-electron chi connectivity index (χ3n) is 6.90. The fourth-order valence-corrected chi connectivity index (χ4v) is 4.18. The number of nitrogens with zero attached hydrogens (tertiary/aromatic N) is 2. The fourth-order valence-electron chi connectivity index (χ4n) is 4.18. The third kappa shape index (κ3) is 7.24. The zero-order valence-corrected chi connectivity index (χ0v) is 21.4. The van der Waals surface area contributed by atoms with Crippen LogP contribution >= 0.6 is 0 Å². The second-order valence-corrected chi connectivity index (χ2v) is 9.57. The summed E-state index contributed by atoms with van der Waals surface area (Å²) in [4.78, 5) is 29.6. The Morgan fingerprint density at radius 1 is 1.22 bits per heavy atom. The van der Waals surface area contributed by atoms with E-state index in [2.05, 4.69) is 16.9 Å². The fraction of sp³-hybridized carbons (Fsp3) is 0.500. The summed E-state index contributed by atoms with van der Waals surface area (Å²) < 4.78 is 70.4. The lowest BCUT2D eigenvalue weighted by atomic mass is 9.80. The number of alkyl halides is 3. The van der Waals surface area contributed by atoms with Gasteiger partial charge in [-0.15, -0.1) is 0 Å². The number of allylic oxidation sites excluding steroid dienone is 3. The Morgan fingerprint density at radius 2 is 1.84 bits per heavy atom. The summed E-state index contributed by atoms with van der Waals surface area (Å²) >= 11 is 0. The number of benzene rings is 1. The minimum atomic E-state index is -4.49. The quantitative estimate of drug-likeness (QED) is 0.242. The Kier molecular flexibility index (Phi) is 9.76. The maximum absolute atomic E-state index is 14.5. The Balaban J connectivity index is 2.16. The summed E-state index contributed by atoms with van der Waals surface area (Å²) in [6.45, 7) is 5.48. The summed E-state index contributed by atoms with van der Waals surface area (Å²) in [5.74, 6) is -5.44. The molecule has 6 nitrogen and oxygen atoms in total. The van der Waals surface area contributed by atoms with E-state index >= 15 is 0 Å². The number of primary amides is 1. The predicted octanol–water partition coefficient (Wildman–Crippen LogP) is 4.20. The van der Waals surface area contributed by atoms with Crippen molar-refractivity contribution >= 4 is 17.5 Å². The number of rotatable bonds is 12. The molecule has 0 unspecified atom stereocenters. The van der Waals surface area contributed by atoms with E-state index < -0.39 is 59.0 Å². The first-order chi connectivity index (χ1) is 17.1. The molecule has 1 aromatic rings. The normalized spacial score (nSPS) is 17.1. The summed E-state index contributed by atoms with van der Waals surface area (Å²) in [5, 5.41) is 2.63. The molecule has 0 heterocycles. The van der Waals surface area contributed by atoms with Gasteiger partial charge in [-0.3, -0.25) is 14.6 Å². The van der Waals surface area contributed by atoms with Crippen LogP contribution in [0.25, 0.3) is 0 Å². The van der Waals surface area contributed by atoms with E-state index in [1.807, 2.05) is 0 Å². The average Bonchev–Trinajstić information content (AvgIpc) is 3.62. The number of aliphatic imine (C=N–C) groups is 1. The number of carbonyl (C=O) groups excluding carboxylic acids is 2. The summed E-state index contributed by atoms with van der Waals surface area (Å²) in [7, 11) is 4.89. The molecule has 0 radical (unpaired) electrons. The molecular formula is C26H33F5N4O2. The Morgan fingerprint density at radius 3 is 2.32 bits per heavy atom. The van der Waals surface area contributed by atoms with E-state index in [1.54, 1.807) is 39.0 Å². The lowest BCUT2D eigenvalue weighted by molar-refractivity contribution is -0.199. The highest BCUT2D eigenvalue weighted by atomic mass is 19.4. The number of nitrogens with one attached hydrogen (secondary N) is 1. The lowest BCUT2D eigenvalue weighted by Gasteiger charge is -2.30. The molecule has 0 aliphatic heterocycles. The molecule has 2 rings (SSSR count). The van der Waals surface area contributed by atoms with Crippen LogP contribution in [0.2, 0.25) is 0 Å². The molecule has 1 aliphatic rings. The van der Waals surface area contributed by atoms with Crippen LogP contribution < -0.4 is 11.1 Å². The molecule has 2 atom stereocenters. The van der Waals surface area contributed by atoms with Gasteiger partial charge in [0.25, 0.3) is 5.91 Å². The van der Waals surface area contributed by atoms with Gasteiger partial charge in [0.05, 0.1) is 11.0 Å². The molecule has 0 aromatic heterocycles. The maximum atomic E-state index is 14.5. The molecule has 1 aromatic carbocycles. The third-order valence-corrected chi connectivity index (χ3v) is 6.90. The summed E-state index contributed by atoms with van der Waals surface area (Å²) in [5.41, 5.74) is 3.21. The van der Waals surface area contributed by atoms with E-state index in [0.717, 1.165) is 6.07 Å². The van der Waals surface area contributed by atoms with Gasteiger partial charge in [-0.05, 0) is 58.0 Å². The van der Waals surface area contributed by atoms with Crippen LogP contribution in [0.5, 0.6) is 0 Å². The van der Waals surface area contributed by atoms with Crippen LogP contribution in [-0.4, -0.2) is 62.3 Å². The minimum Gasteiger partial charge on any atom is -0.366 e. The molecule has 37 heavy (non-hydrogen) atoms. The van der Waals surface area contributed by atoms with Gasteiger partial charge in [0, 0.05) is 37.7 Å². The van der Waals surface area contributed by atoms with Crippen LogP contribution in [0, 0.1) is 23.0 Å². The molecule has 0 saturated heterocycles. The van der Waals surface area contributed by atoms with Crippen molar-refractivity contribution in [3.8, 4) is 0 Å². The van der Waals surface area contributed by atoms with Gasteiger partial charge in [-0.1, -0.05) is 24.3 Å². The molecule has 11 heteroatoms. The van der Waals surface area contributed by atoms with Gasteiger partial charge in [0.1, 0.15) is 0 Å². The smallest absolute Gasteiger partial charge is 0.366 e. The molecule has 1 aliphatic carbocycles. The highest BCUT2D eigenvalue weighted by Gasteiger charge is 2.67. The maximum Gasteiger partial charge on any atom is 0.395 e. The minimum absolute atomic E-state index is 0.0277. The van der Waals surface area contributed by atoms with Gasteiger partial charge >= 0.3 is 6.18 Å². The molecule has 0 spiro atoms. The van der Waals surface area contributed by atoms with Crippen molar-refractivity contribution in [1.29, 1.82) is 0 Å². The Hall–Kier alpha value is -3.08. The van der Waals surface area contributed by atoms with Crippen molar-refractivity contribution in [3.05, 3.63) is 59.2 Å². The number of amides is 2. The van der Waals surface area contributed by atoms with Gasteiger partial charge < -0.3 is 16.0 Å². The van der Waals surface area contributed by atoms with E-state index in [1.165, 1.54) is 12.1 Å². The van der Waals surface area contributed by atoms with E-state index in [4.69, 9.17) is 5.73 Å². The van der Waals surface area contributed by atoms with Crippen molar-refractivity contribution in [3.63, 3.8) is 0 Å². The first-order valence-corrected chi connectivity index (χ1v) is 11.7. The average molecular weight is 529 g/mol. The van der Waals surface area contributed by atoms with E-state index in [9.17, 15) is 31.5 Å². The second-order valence-electron chi connectivity index (χ2n) is 9.57. The number of halogens is 5. The highest BCUT2D eigenvalue weighted by Crippen LogP contribution is 2.64. The zero-order valence-electron chi connectivity index (χ0n) is 21.4. The van der Waals surface area contributed by atoms with Crippen molar-refractivity contribution < 1.29 is 31.5 Å². The first kappa shape index (κ1) is 30.1. The molecule has 204 valence electrons.